The first-order valence-electron chi connectivity index (χ1n) is 5.65. The van der Waals surface area contributed by atoms with Crippen LogP contribution in [0.1, 0.15) is 33.2 Å². The van der Waals surface area contributed by atoms with Crippen LogP contribution in [0.3, 0.4) is 0 Å². The molecule has 1 atom stereocenters. The Hall–Kier alpha value is -0.980. The van der Waals surface area contributed by atoms with Gasteiger partial charge in [0.15, 0.2) is 0 Å². The standard InChI is InChI=1S/C11H16N2O3S/c1-16-6-8-10(11(14)15)17-9(13-8)5-7-3-2-4-12-7/h7,12H,2-6H2,1H3,(H,14,15). The molecule has 0 aromatic carbocycles. The predicted molar refractivity (Wildman–Crippen MR) is 64.5 cm³/mol. The smallest absolute Gasteiger partial charge is 0.347 e. The lowest BCUT2D eigenvalue weighted by Crippen LogP contribution is -2.23. The van der Waals surface area contributed by atoms with Crippen LogP contribution >= 0.6 is 11.3 Å². The van der Waals surface area contributed by atoms with E-state index in [1.54, 1.807) is 7.11 Å². The first-order chi connectivity index (χ1) is 8.20. The normalized spacial score (nSPS) is 19.7. The molecule has 1 aromatic rings. The van der Waals surface area contributed by atoms with Gasteiger partial charge in [-0.25, -0.2) is 9.78 Å². The van der Waals surface area contributed by atoms with E-state index in [0.717, 1.165) is 24.4 Å². The molecular weight excluding hydrogens is 240 g/mol. The molecule has 6 heteroatoms. The van der Waals surface area contributed by atoms with Gasteiger partial charge >= 0.3 is 5.97 Å². The molecule has 0 radical (unpaired) electrons. The molecule has 0 bridgehead atoms. The van der Waals surface area contributed by atoms with Crippen LogP contribution in [0.4, 0.5) is 0 Å². The highest BCUT2D eigenvalue weighted by Crippen LogP contribution is 2.22. The number of carboxylic acids is 1. The number of carboxylic acid groups (broad SMARTS) is 1. The van der Waals surface area contributed by atoms with E-state index in [4.69, 9.17) is 9.84 Å². The second-order valence-corrected chi connectivity index (χ2v) is 5.20. The fraction of sp³-hybridized carbons (Fsp3) is 0.636. The zero-order valence-electron chi connectivity index (χ0n) is 9.73. The molecule has 1 aliphatic rings. The Morgan fingerprint density at radius 1 is 1.71 bits per heavy atom. The van der Waals surface area contributed by atoms with Crippen molar-refractivity contribution in [2.24, 2.45) is 0 Å². The third-order valence-corrected chi connectivity index (χ3v) is 3.91. The van der Waals surface area contributed by atoms with Crippen LogP contribution in [0.5, 0.6) is 0 Å². The van der Waals surface area contributed by atoms with E-state index >= 15 is 0 Å². The number of thiazole rings is 1. The Morgan fingerprint density at radius 2 is 2.53 bits per heavy atom. The number of carbonyl (C=O) groups is 1. The second-order valence-electron chi connectivity index (χ2n) is 4.12. The summed E-state index contributed by atoms with van der Waals surface area (Å²) in [5, 5.41) is 13.3. The number of hydrogen-bond donors (Lipinski definition) is 2. The van der Waals surface area contributed by atoms with E-state index in [1.807, 2.05) is 0 Å². The molecule has 1 fully saturated rings. The summed E-state index contributed by atoms with van der Waals surface area (Å²) in [4.78, 5) is 15.7. The highest BCUT2D eigenvalue weighted by atomic mass is 32.1. The summed E-state index contributed by atoms with van der Waals surface area (Å²) >= 11 is 1.26. The average molecular weight is 256 g/mol. The summed E-state index contributed by atoms with van der Waals surface area (Å²) in [5.41, 5.74) is 0.540. The van der Waals surface area contributed by atoms with Crippen molar-refractivity contribution in [2.45, 2.75) is 31.9 Å². The molecule has 0 amide bonds. The maximum atomic E-state index is 11.0. The van der Waals surface area contributed by atoms with E-state index in [-0.39, 0.29) is 6.61 Å². The van der Waals surface area contributed by atoms with Crippen molar-refractivity contribution in [3.8, 4) is 0 Å². The van der Waals surface area contributed by atoms with Crippen LogP contribution in [0, 0.1) is 0 Å². The van der Waals surface area contributed by atoms with E-state index in [9.17, 15) is 4.79 Å². The summed E-state index contributed by atoms with van der Waals surface area (Å²) in [6.45, 7) is 1.31. The number of ether oxygens (including phenoxy) is 1. The number of nitrogens with one attached hydrogen (secondary N) is 1. The van der Waals surface area contributed by atoms with Gasteiger partial charge < -0.3 is 15.2 Å². The van der Waals surface area contributed by atoms with Crippen molar-refractivity contribution in [1.29, 1.82) is 0 Å². The molecule has 1 aliphatic heterocycles. The molecule has 5 nitrogen and oxygen atoms in total. The molecular formula is C11H16N2O3S. The van der Waals surface area contributed by atoms with Crippen LogP contribution in [-0.4, -0.2) is 35.8 Å². The Bertz CT molecular complexity index is 399. The van der Waals surface area contributed by atoms with E-state index < -0.39 is 5.97 Å². The summed E-state index contributed by atoms with van der Waals surface area (Å²) in [6, 6.07) is 0.443. The van der Waals surface area contributed by atoms with Crippen LogP contribution in [0.25, 0.3) is 0 Å². The molecule has 1 aromatic heterocycles. The first kappa shape index (κ1) is 12.5. The van der Waals surface area contributed by atoms with Crippen LogP contribution in [0.15, 0.2) is 0 Å². The molecule has 0 saturated carbocycles. The zero-order valence-corrected chi connectivity index (χ0v) is 10.5. The van der Waals surface area contributed by atoms with Gasteiger partial charge in [-0.3, -0.25) is 0 Å². The number of methoxy groups -OCH3 is 1. The number of nitrogens with zero attached hydrogens (tertiary/aromatic N) is 1. The molecule has 2 N–H and O–H groups in total. The second kappa shape index (κ2) is 5.57. The quantitative estimate of drug-likeness (QED) is 0.830. The van der Waals surface area contributed by atoms with Crippen LogP contribution in [0.2, 0.25) is 0 Å². The highest BCUT2D eigenvalue weighted by molar-refractivity contribution is 7.13. The lowest BCUT2D eigenvalue weighted by Gasteiger charge is -2.06. The zero-order chi connectivity index (χ0) is 12.3. The lowest BCUT2D eigenvalue weighted by atomic mass is 10.2. The van der Waals surface area contributed by atoms with Crippen LogP contribution in [-0.2, 0) is 17.8 Å². The minimum atomic E-state index is -0.916. The molecule has 0 spiro atoms. The minimum Gasteiger partial charge on any atom is -0.477 e. The molecule has 1 saturated heterocycles. The van der Waals surface area contributed by atoms with Gasteiger partial charge in [-0.1, -0.05) is 0 Å². The number of rotatable bonds is 5. The first-order valence-corrected chi connectivity index (χ1v) is 6.46. The van der Waals surface area contributed by atoms with Gasteiger partial charge in [-0.15, -0.1) is 11.3 Å². The summed E-state index contributed by atoms with van der Waals surface area (Å²) in [7, 11) is 1.54. The van der Waals surface area contributed by atoms with Gasteiger partial charge in [0.1, 0.15) is 4.88 Å². The third-order valence-electron chi connectivity index (χ3n) is 2.80. The molecule has 1 unspecified atom stereocenters. The topological polar surface area (TPSA) is 71.5 Å². The number of aromatic nitrogens is 1. The maximum absolute atomic E-state index is 11.0. The molecule has 17 heavy (non-hydrogen) atoms. The fourth-order valence-electron chi connectivity index (χ4n) is 2.03. The van der Waals surface area contributed by atoms with Crippen molar-refractivity contribution in [3.63, 3.8) is 0 Å². The van der Waals surface area contributed by atoms with Crippen LogP contribution < -0.4 is 5.32 Å². The molecule has 2 heterocycles. The van der Waals surface area contributed by atoms with E-state index in [2.05, 4.69) is 10.3 Å². The maximum Gasteiger partial charge on any atom is 0.347 e. The van der Waals surface area contributed by atoms with Crippen molar-refractivity contribution >= 4 is 17.3 Å². The monoisotopic (exact) mass is 256 g/mol. The Labute approximate surface area is 104 Å². The summed E-state index contributed by atoms with van der Waals surface area (Å²) < 4.78 is 4.97. The highest BCUT2D eigenvalue weighted by Gasteiger charge is 2.21. The van der Waals surface area contributed by atoms with E-state index in [1.165, 1.54) is 17.8 Å². The predicted octanol–water partition coefficient (Wildman–Crippen LogP) is 1.28. The lowest BCUT2D eigenvalue weighted by molar-refractivity contribution is 0.0697. The van der Waals surface area contributed by atoms with Crippen molar-refractivity contribution in [3.05, 3.63) is 15.6 Å². The molecule has 2 rings (SSSR count). The average Bonchev–Trinajstić information content (AvgIpc) is 2.89. The summed E-state index contributed by atoms with van der Waals surface area (Å²) in [5.74, 6) is -0.916. The number of hydrogen-bond acceptors (Lipinski definition) is 5. The van der Waals surface area contributed by atoms with Gasteiger partial charge in [-0.05, 0) is 19.4 Å². The summed E-state index contributed by atoms with van der Waals surface area (Å²) in [6.07, 6.45) is 3.14. The Morgan fingerprint density at radius 3 is 3.12 bits per heavy atom. The third kappa shape index (κ3) is 3.02. The number of aromatic carboxylic acids is 1. The van der Waals surface area contributed by atoms with Gasteiger partial charge in [0, 0.05) is 19.6 Å². The van der Waals surface area contributed by atoms with Gasteiger partial charge in [0.05, 0.1) is 17.3 Å². The minimum absolute atomic E-state index is 0.260. The molecule has 94 valence electrons. The SMILES string of the molecule is COCc1nc(CC2CCCN2)sc1C(=O)O. The molecule has 0 aliphatic carbocycles. The van der Waals surface area contributed by atoms with Gasteiger partial charge in [0.25, 0.3) is 0 Å². The van der Waals surface area contributed by atoms with Gasteiger partial charge in [-0.2, -0.15) is 0 Å². The van der Waals surface area contributed by atoms with E-state index in [0.29, 0.717) is 16.6 Å². The van der Waals surface area contributed by atoms with Gasteiger partial charge in [0.2, 0.25) is 0 Å². The van der Waals surface area contributed by atoms with Crippen molar-refractivity contribution < 1.29 is 14.6 Å². The fourth-order valence-corrected chi connectivity index (χ4v) is 3.02. The largest absolute Gasteiger partial charge is 0.477 e. The van der Waals surface area contributed by atoms with Crippen molar-refractivity contribution in [1.82, 2.24) is 10.3 Å². The Kier molecular flexibility index (Phi) is 4.09. The van der Waals surface area contributed by atoms with Crippen molar-refractivity contribution in [2.75, 3.05) is 13.7 Å². The Balaban J connectivity index is 2.11.